The molecule has 2 nitrogen and oxygen atoms in total. The van der Waals surface area contributed by atoms with Crippen molar-refractivity contribution in [1.29, 1.82) is 0 Å². The van der Waals surface area contributed by atoms with E-state index in [0.717, 1.165) is 16.6 Å². The van der Waals surface area contributed by atoms with Crippen molar-refractivity contribution in [2.75, 3.05) is 0 Å². The van der Waals surface area contributed by atoms with E-state index in [4.69, 9.17) is 9.40 Å². The van der Waals surface area contributed by atoms with Gasteiger partial charge in [0.15, 0.2) is 19.2 Å². The van der Waals surface area contributed by atoms with Crippen LogP contribution in [0.2, 0.25) is 13.1 Å². The third-order valence-corrected chi connectivity index (χ3v) is 8.56. The summed E-state index contributed by atoms with van der Waals surface area (Å²) in [5, 5.41) is 3.70. The Labute approximate surface area is 165 Å². The molecule has 0 fully saturated rings. The number of hydrogen-bond donors (Lipinski definition) is 0. The summed E-state index contributed by atoms with van der Waals surface area (Å²) >= 11 is 0. The van der Waals surface area contributed by atoms with Gasteiger partial charge < -0.3 is 4.42 Å². The molecule has 0 unspecified atom stereocenters. The van der Waals surface area contributed by atoms with Gasteiger partial charge in [-0.05, 0) is 39.2 Å². The average Bonchev–Trinajstić information content (AvgIpc) is 3.16. The summed E-state index contributed by atoms with van der Waals surface area (Å²) in [6.07, 6.45) is 0. The minimum Gasteiger partial charge on any atom is -0.445 e. The molecule has 1 heterocycles. The topological polar surface area (TPSA) is 26.0 Å². The Morgan fingerprint density at radius 2 is 1.29 bits per heavy atom. The van der Waals surface area contributed by atoms with Crippen LogP contribution in [0.5, 0.6) is 0 Å². The highest BCUT2D eigenvalue weighted by Gasteiger charge is 2.32. The van der Waals surface area contributed by atoms with Crippen molar-refractivity contribution in [2.24, 2.45) is 0 Å². The van der Waals surface area contributed by atoms with E-state index in [1.807, 2.05) is 6.07 Å². The lowest BCUT2D eigenvalue weighted by Crippen LogP contribution is -2.53. The first-order valence-electron chi connectivity index (χ1n) is 9.57. The van der Waals surface area contributed by atoms with E-state index in [0.29, 0.717) is 0 Å². The number of hydrogen-bond acceptors (Lipinski definition) is 2. The molecule has 0 spiro atoms. The fourth-order valence-electron chi connectivity index (χ4n) is 3.71. The van der Waals surface area contributed by atoms with Gasteiger partial charge >= 0.3 is 0 Å². The number of fused-ring (bicyclic) bond motifs is 2. The Bertz CT molecular complexity index is 1220. The van der Waals surface area contributed by atoms with Crippen LogP contribution in [0.4, 0.5) is 0 Å². The predicted molar refractivity (Wildman–Crippen MR) is 120 cm³/mol. The fourth-order valence-corrected chi connectivity index (χ4v) is 5.73. The van der Waals surface area contributed by atoms with Crippen molar-refractivity contribution in [3.63, 3.8) is 0 Å². The van der Waals surface area contributed by atoms with Crippen LogP contribution >= 0.6 is 0 Å². The number of oxazole rings is 1. The standard InChI is InChI=1S/C25H21NOSi/c1-28(2,22-14-12-19(13-15-22)18-8-4-3-5-9-18)25-26-23-16-20-10-6-7-11-21(20)17-24(23)27-25/h3-17H,1-2H3. The van der Waals surface area contributed by atoms with Crippen molar-refractivity contribution in [3.05, 3.63) is 91.0 Å². The van der Waals surface area contributed by atoms with E-state index in [1.165, 1.54) is 27.1 Å². The van der Waals surface area contributed by atoms with E-state index >= 15 is 0 Å². The molecule has 4 aromatic carbocycles. The summed E-state index contributed by atoms with van der Waals surface area (Å²) in [4.78, 5) is 4.89. The van der Waals surface area contributed by atoms with Crippen molar-refractivity contribution in [3.8, 4) is 11.1 Å². The van der Waals surface area contributed by atoms with Crippen molar-refractivity contribution < 1.29 is 4.42 Å². The molecular weight excluding hydrogens is 358 g/mol. The van der Waals surface area contributed by atoms with Crippen LogP contribution in [0.3, 0.4) is 0 Å². The van der Waals surface area contributed by atoms with Crippen LogP contribution in [0.15, 0.2) is 95.4 Å². The molecule has 5 aromatic rings. The lowest BCUT2D eigenvalue weighted by molar-refractivity contribution is 0.639. The normalized spacial score (nSPS) is 11.9. The maximum Gasteiger partial charge on any atom is 0.181 e. The summed E-state index contributed by atoms with van der Waals surface area (Å²) in [5.41, 5.74) is 5.16. The monoisotopic (exact) mass is 379 g/mol. The number of nitrogens with zero attached hydrogens (tertiary/aromatic N) is 1. The third-order valence-electron chi connectivity index (χ3n) is 5.50. The summed E-state index contributed by atoms with van der Waals surface area (Å²) in [6.45, 7) is 4.60. The molecule has 1 aromatic heterocycles. The zero-order chi connectivity index (χ0) is 19.1. The minimum atomic E-state index is -2.02. The van der Waals surface area contributed by atoms with Crippen LogP contribution in [0.25, 0.3) is 33.0 Å². The van der Waals surface area contributed by atoms with Crippen LogP contribution < -0.4 is 10.7 Å². The van der Waals surface area contributed by atoms with Gasteiger partial charge in [0.25, 0.3) is 0 Å². The highest BCUT2D eigenvalue weighted by molar-refractivity contribution is 6.99. The molecule has 0 aliphatic rings. The average molecular weight is 380 g/mol. The largest absolute Gasteiger partial charge is 0.445 e. The Balaban J connectivity index is 1.55. The quantitative estimate of drug-likeness (QED) is 0.389. The van der Waals surface area contributed by atoms with Gasteiger partial charge in [0.2, 0.25) is 0 Å². The molecule has 0 aliphatic carbocycles. The first-order valence-corrected chi connectivity index (χ1v) is 12.6. The van der Waals surface area contributed by atoms with Gasteiger partial charge in [0.1, 0.15) is 5.52 Å². The molecule has 0 saturated carbocycles. The van der Waals surface area contributed by atoms with Crippen LogP contribution in [0.1, 0.15) is 0 Å². The lowest BCUT2D eigenvalue weighted by atomic mass is 10.1. The minimum absolute atomic E-state index is 0.871. The fraction of sp³-hybridized carbons (Fsp3) is 0.0800. The Morgan fingerprint density at radius 3 is 2.00 bits per heavy atom. The highest BCUT2D eigenvalue weighted by Crippen LogP contribution is 2.23. The molecule has 3 heteroatoms. The van der Waals surface area contributed by atoms with E-state index < -0.39 is 8.07 Å². The molecular formula is C25H21NOSi. The van der Waals surface area contributed by atoms with Crippen LogP contribution in [-0.4, -0.2) is 13.1 Å². The molecule has 0 atom stereocenters. The molecule has 0 N–H and O–H groups in total. The van der Waals surface area contributed by atoms with Gasteiger partial charge in [0.05, 0.1) is 0 Å². The smallest absolute Gasteiger partial charge is 0.181 e. The Hall–Kier alpha value is -3.17. The van der Waals surface area contributed by atoms with Crippen molar-refractivity contribution in [2.45, 2.75) is 13.1 Å². The van der Waals surface area contributed by atoms with Gasteiger partial charge in [-0.3, -0.25) is 0 Å². The molecule has 0 amide bonds. The number of benzene rings is 4. The highest BCUT2D eigenvalue weighted by atomic mass is 28.3. The second-order valence-electron chi connectivity index (χ2n) is 7.75. The third kappa shape index (κ3) is 2.84. The number of rotatable bonds is 3. The zero-order valence-electron chi connectivity index (χ0n) is 16.0. The SMILES string of the molecule is C[Si](C)(c1ccc(-c2ccccc2)cc1)c1nc2cc3ccccc3cc2o1. The van der Waals surface area contributed by atoms with E-state index in [2.05, 4.69) is 98.0 Å². The second kappa shape index (κ2) is 6.46. The lowest BCUT2D eigenvalue weighted by Gasteiger charge is -2.19. The number of aromatic nitrogens is 1. The van der Waals surface area contributed by atoms with Crippen LogP contribution in [0, 0.1) is 0 Å². The van der Waals surface area contributed by atoms with Gasteiger partial charge in [-0.25, -0.2) is 4.98 Å². The molecule has 0 saturated heterocycles. The molecule has 5 rings (SSSR count). The zero-order valence-corrected chi connectivity index (χ0v) is 17.0. The summed E-state index contributed by atoms with van der Waals surface area (Å²) in [6, 6.07) is 31.9. The summed E-state index contributed by atoms with van der Waals surface area (Å²) < 4.78 is 6.26. The van der Waals surface area contributed by atoms with Crippen molar-refractivity contribution in [1.82, 2.24) is 4.98 Å². The van der Waals surface area contributed by atoms with E-state index in [1.54, 1.807) is 0 Å². The molecule has 0 aliphatic heterocycles. The van der Waals surface area contributed by atoms with Crippen LogP contribution in [-0.2, 0) is 0 Å². The maximum absolute atomic E-state index is 6.26. The van der Waals surface area contributed by atoms with Gasteiger partial charge in [-0.15, -0.1) is 0 Å². The van der Waals surface area contributed by atoms with E-state index in [9.17, 15) is 0 Å². The Morgan fingerprint density at radius 1 is 0.679 bits per heavy atom. The second-order valence-corrected chi connectivity index (χ2v) is 12.0. The molecule has 136 valence electrons. The molecule has 28 heavy (non-hydrogen) atoms. The van der Waals surface area contributed by atoms with E-state index in [-0.39, 0.29) is 0 Å². The molecule has 0 radical (unpaired) electrons. The van der Waals surface area contributed by atoms with Crippen molar-refractivity contribution >= 4 is 40.6 Å². The summed E-state index contributed by atoms with van der Waals surface area (Å²) in [7, 11) is -2.02. The maximum atomic E-state index is 6.26. The first-order chi connectivity index (χ1) is 13.6. The Kier molecular flexibility index (Phi) is 3.92. The summed E-state index contributed by atoms with van der Waals surface area (Å²) in [5.74, 6) is 0. The van der Waals surface area contributed by atoms with Gasteiger partial charge in [-0.1, -0.05) is 92.0 Å². The van der Waals surface area contributed by atoms with Gasteiger partial charge in [-0.2, -0.15) is 0 Å². The van der Waals surface area contributed by atoms with Gasteiger partial charge in [0, 0.05) is 0 Å². The first kappa shape index (κ1) is 17.0. The molecule has 0 bridgehead atoms. The predicted octanol–water partition coefficient (Wildman–Crippen LogP) is 5.47.